The zero-order chi connectivity index (χ0) is 18.2. The van der Waals surface area contributed by atoms with E-state index < -0.39 is 6.61 Å². The van der Waals surface area contributed by atoms with Crippen LogP contribution in [0.2, 0.25) is 0 Å². The van der Waals surface area contributed by atoms with Crippen molar-refractivity contribution in [3.8, 4) is 11.5 Å². The van der Waals surface area contributed by atoms with Crippen molar-refractivity contribution in [2.75, 3.05) is 14.2 Å². The lowest BCUT2D eigenvalue weighted by molar-refractivity contribution is -0.0504. The van der Waals surface area contributed by atoms with E-state index in [1.807, 2.05) is 7.05 Å². The molecule has 0 aliphatic rings. The first-order chi connectivity index (χ1) is 12.0. The number of aliphatic imine (C=N–C) groups is 1. The Morgan fingerprint density at radius 3 is 2.68 bits per heavy atom. The molecule has 2 aromatic rings. The van der Waals surface area contributed by atoms with E-state index >= 15 is 0 Å². The Balaban J connectivity index is 2.01. The van der Waals surface area contributed by atoms with Gasteiger partial charge in [0.1, 0.15) is 17.8 Å². The Bertz CT molecular complexity index is 720. The number of benzene rings is 1. The predicted molar refractivity (Wildman–Crippen MR) is 87.7 cm³/mol. The van der Waals surface area contributed by atoms with Gasteiger partial charge in [0.2, 0.25) is 0 Å². The maximum absolute atomic E-state index is 12.5. The highest BCUT2D eigenvalue weighted by atomic mass is 19.3. The third-order valence-electron chi connectivity index (χ3n) is 3.37. The summed E-state index contributed by atoms with van der Waals surface area (Å²) in [5, 5.41) is 13.8. The third kappa shape index (κ3) is 5.30. The summed E-state index contributed by atoms with van der Waals surface area (Å²) >= 11 is 0. The molecule has 0 atom stereocenters. The van der Waals surface area contributed by atoms with Gasteiger partial charge in [0.25, 0.3) is 0 Å². The average molecular weight is 354 g/mol. The standard InChI is InChI=1S/C15H20F2N6O2/c1-18-15(20-8-13-22-21-9-23(13)2)19-7-10-6-11(24-3)4-5-12(10)25-14(16)17/h4-6,9,14H,7-8H2,1-3H3,(H2,18,19,20). The number of hydrogen-bond acceptors (Lipinski definition) is 5. The number of nitrogens with one attached hydrogen (secondary N) is 2. The number of methoxy groups -OCH3 is 1. The van der Waals surface area contributed by atoms with Gasteiger partial charge < -0.3 is 24.7 Å². The number of rotatable bonds is 7. The molecule has 0 radical (unpaired) electrons. The van der Waals surface area contributed by atoms with Crippen molar-refractivity contribution in [2.24, 2.45) is 12.0 Å². The molecule has 0 saturated heterocycles. The van der Waals surface area contributed by atoms with Crippen molar-refractivity contribution in [1.29, 1.82) is 0 Å². The van der Waals surface area contributed by atoms with Gasteiger partial charge in [-0.1, -0.05) is 0 Å². The minimum atomic E-state index is -2.90. The summed E-state index contributed by atoms with van der Waals surface area (Å²) < 4.78 is 36.5. The fraction of sp³-hybridized carbons (Fsp3) is 0.400. The van der Waals surface area contributed by atoms with Gasteiger partial charge in [-0.2, -0.15) is 8.78 Å². The molecule has 25 heavy (non-hydrogen) atoms. The topological polar surface area (TPSA) is 85.6 Å². The van der Waals surface area contributed by atoms with Crippen LogP contribution in [0.1, 0.15) is 11.4 Å². The second-order valence-electron chi connectivity index (χ2n) is 4.99. The highest BCUT2D eigenvalue weighted by Crippen LogP contribution is 2.25. The maximum Gasteiger partial charge on any atom is 0.387 e. The maximum atomic E-state index is 12.5. The smallest absolute Gasteiger partial charge is 0.387 e. The summed E-state index contributed by atoms with van der Waals surface area (Å²) in [6.45, 7) is -2.27. The molecule has 136 valence electrons. The van der Waals surface area contributed by atoms with Crippen LogP contribution in [0.25, 0.3) is 0 Å². The first-order valence-corrected chi connectivity index (χ1v) is 7.42. The normalized spacial score (nSPS) is 11.5. The molecule has 10 heteroatoms. The molecular weight excluding hydrogens is 334 g/mol. The van der Waals surface area contributed by atoms with E-state index in [2.05, 4.69) is 30.6 Å². The van der Waals surface area contributed by atoms with Crippen LogP contribution in [0.5, 0.6) is 11.5 Å². The Morgan fingerprint density at radius 1 is 1.32 bits per heavy atom. The van der Waals surface area contributed by atoms with Crippen molar-refractivity contribution < 1.29 is 18.3 Å². The number of nitrogens with zero attached hydrogens (tertiary/aromatic N) is 4. The minimum absolute atomic E-state index is 0.0760. The van der Waals surface area contributed by atoms with E-state index in [0.29, 0.717) is 23.8 Å². The Kier molecular flexibility index (Phi) is 6.49. The van der Waals surface area contributed by atoms with Crippen LogP contribution in [-0.2, 0) is 20.1 Å². The van der Waals surface area contributed by atoms with Crippen LogP contribution in [0, 0.1) is 0 Å². The van der Waals surface area contributed by atoms with E-state index in [-0.39, 0.29) is 12.3 Å². The van der Waals surface area contributed by atoms with Crippen molar-refractivity contribution in [3.05, 3.63) is 35.9 Å². The largest absolute Gasteiger partial charge is 0.497 e. The molecule has 0 fully saturated rings. The fourth-order valence-electron chi connectivity index (χ4n) is 2.06. The minimum Gasteiger partial charge on any atom is -0.497 e. The number of aromatic nitrogens is 3. The lowest BCUT2D eigenvalue weighted by Crippen LogP contribution is -2.37. The molecular formula is C15H20F2N6O2. The summed E-state index contributed by atoms with van der Waals surface area (Å²) in [4.78, 5) is 4.08. The van der Waals surface area contributed by atoms with Gasteiger partial charge in [0.05, 0.1) is 13.7 Å². The second-order valence-corrected chi connectivity index (χ2v) is 4.99. The number of guanidine groups is 1. The fourth-order valence-corrected chi connectivity index (χ4v) is 2.06. The van der Waals surface area contributed by atoms with Gasteiger partial charge in [-0.05, 0) is 18.2 Å². The molecule has 8 nitrogen and oxygen atoms in total. The molecule has 0 amide bonds. The van der Waals surface area contributed by atoms with E-state index in [1.54, 1.807) is 30.1 Å². The summed E-state index contributed by atoms with van der Waals surface area (Å²) in [5.41, 5.74) is 0.515. The SMILES string of the molecule is CN=C(NCc1cc(OC)ccc1OC(F)F)NCc1nncn1C. The van der Waals surface area contributed by atoms with E-state index in [1.165, 1.54) is 13.2 Å². The molecule has 0 unspecified atom stereocenters. The van der Waals surface area contributed by atoms with Crippen LogP contribution in [0.3, 0.4) is 0 Å². The van der Waals surface area contributed by atoms with Crippen LogP contribution >= 0.6 is 0 Å². The van der Waals surface area contributed by atoms with Gasteiger partial charge in [-0.3, -0.25) is 4.99 Å². The molecule has 0 saturated carbocycles. The van der Waals surface area contributed by atoms with E-state index in [4.69, 9.17) is 4.74 Å². The molecule has 0 aliphatic carbocycles. The molecule has 1 aromatic heterocycles. The summed E-state index contributed by atoms with van der Waals surface area (Å²) in [5.74, 6) is 1.83. The van der Waals surface area contributed by atoms with Gasteiger partial charge in [0, 0.05) is 26.2 Å². The number of ether oxygens (including phenoxy) is 2. The first kappa shape index (κ1) is 18.4. The molecule has 1 heterocycles. The van der Waals surface area contributed by atoms with E-state index in [9.17, 15) is 8.78 Å². The highest BCUT2D eigenvalue weighted by Gasteiger charge is 2.12. The highest BCUT2D eigenvalue weighted by molar-refractivity contribution is 5.79. The summed E-state index contributed by atoms with van der Waals surface area (Å²) in [6, 6.07) is 4.63. The number of alkyl halides is 2. The van der Waals surface area contributed by atoms with Gasteiger partial charge in [-0.15, -0.1) is 10.2 Å². The molecule has 0 bridgehead atoms. The summed E-state index contributed by atoms with van der Waals surface area (Å²) in [6.07, 6.45) is 1.59. The lowest BCUT2D eigenvalue weighted by atomic mass is 10.2. The van der Waals surface area contributed by atoms with Crippen LogP contribution in [0.4, 0.5) is 8.78 Å². The molecule has 1 aromatic carbocycles. The molecule has 2 rings (SSSR count). The third-order valence-corrected chi connectivity index (χ3v) is 3.37. The second kappa shape index (κ2) is 8.81. The van der Waals surface area contributed by atoms with Crippen molar-refractivity contribution >= 4 is 5.96 Å². The number of halogens is 2. The number of aryl methyl sites for hydroxylation is 1. The van der Waals surface area contributed by atoms with Crippen LogP contribution < -0.4 is 20.1 Å². The van der Waals surface area contributed by atoms with E-state index in [0.717, 1.165) is 5.82 Å². The monoisotopic (exact) mass is 354 g/mol. The predicted octanol–water partition coefficient (Wildman–Crippen LogP) is 1.29. The van der Waals surface area contributed by atoms with Gasteiger partial charge in [0.15, 0.2) is 11.8 Å². The van der Waals surface area contributed by atoms with Crippen LogP contribution in [-0.4, -0.2) is 41.5 Å². The van der Waals surface area contributed by atoms with Crippen molar-refractivity contribution in [3.63, 3.8) is 0 Å². The zero-order valence-corrected chi connectivity index (χ0v) is 14.2. The van der Waals surface area contributed by atoms with Crippen molar-refractivity contribution in [1.82, 2.24) is 25.4 Å². The average Bonchev–Trinajstić information content (AvgIpc) is 3.00. The lowest BCUT2D eigenvalue weighted by Gasteiger charge is -2.15. The van der Waals surface area contributed by atoms with Crippen molar-refractivity contribution in [2.45, 2.75) is 19.7 Å². The molecule has 0 spiro atoms. The molecule has 0 aliphatic heterocycles. The van der Waals surface area contributed by atoms with Gasteiger partial charge >= 0.3 is 6.61 Å². The Labute approximate surface area is 143 Å². The van der Waals surface area contributed by atoms with Crippen LogP contribution in [0.15, 0.2) is 29.5 Å². The number of hydrogen-bond donors (Lipinski definition) is 2. The molecule has 2 N–H and O–H groups in total. The van der Waals surface area contributed by atoms with Gasteiger partial charge in [-0.25, -0.2) is 0 Å². The quantitative estimate of drug-likeness (QED) is 0.576. The first-order valence-electron chi connectivity index (χ1n) is 7.42. The Hall–Kier alpha value is -2.91. The summed E-state index contributed by atoms with van der Waals surface area (Å²) in [7, 11) is 4.94. The Morgan fingerprint density at radius 2 is 2.08 bits per heavy atom. The zero-order valence-electron chi connectivity index (χ0n) is 14.2.